The molecule has 2 N–H and O–H groups in total. The Morgan fingerprint density at radius 1 is 1.09 bits per heavy atom. The number of carbonyl (C=O) groups is 1. The minimum Gasteiger partial charge on any atom is -0.385 e. The smallest absolute Gasteiger partial charge is 0.321 e. The Morgan fingerprint density at radius 3 is 2.43 bits per heavy atom. The molecular formula is C18H19ClN2O2. The van der Waals surface area contributed by atoms with Crippen LogP contribution in [0, 0.1) is 0 Å². The fourth-order valence-electron chi connectivity index (χ4n) is 2.89. The standard InChI is InChI=1S/C18H19ClN2O2/c19-15-7-4-8-16(13-15)20-17(22)21-11-9-18(23,10-12-21)14-5-2-1-3-6-14/h1-8,13,23H,9-12H2,(H,20,22). The van der Waals surface area contributed by atoms with Crippen molar-refractivity contribution in [3.63, 3.8) is 0 Å². The quantitative estimate of drug-likeness (QED) is 0.878. The van der Waals surface area contributed by atoms with E-state index in [1.807, 2.05) is 30.3 Å². The number of carbonyl (C=O) groups excluding carboxylic acids is 1. The van der Waals surface area contributed by atoms with Gasteiger partial charge in [-0.25, -0.2) is 4.79 Å². The van der Waals surface area contributed by atoms with Crippen LogP contribution in [0.4, 0.5) is 10.5 Å². The van der Waals surface area contributed by atoms with Gasteiger partial charge in [0, 0.05) is 23.8 Å². The SMILES string of the molecule is O=C(Nc1cccc(Cl)c1)N1CCC(O)(c2ccccc2)CC1. The zero-order valence-corrected chi connectivity index (χ0v) is 13.5. The molecule has 1 saturated heterocycles. The summed E-state index contributed by atoms with van der Waals surface area (Å²) in [6, 6.07) is 16.5. The minimum atomic E-state index is -0.853. The van der Waals surface area contributed by atoms with Gasteiger partial charge in [0.05, 0.1) is 5.60 Å². The van der Waals surface area contributed by atoms with Gasteiger partial charge in [-0.05, 0) is 36.6 Å². The summed E-state index contributed by atoms with van der Waals surface area (Å²) in [6.45, 7) is 1.02. The Kier molecular flexibility index (Phi) is 4.55. The summed E-state index contributed by atoms with van der Waals surface area (Å²) >= 11 is 5.92. The first-order valence-electron chi connectivity index (χ1n) is 7.66. The van der Waals surface area contributed by atoms with Crippen molar-refractivity contribution in [1.29, 1.82) is 0 Å². The van der Waals surface area contributed by atoms with Crippen LogP contribution in [0.1, 0.15) is 18.4 Å². The number of amides is 2. The predicted octanol–water partition coefficient (Wildman–Crippen LogP) is 3.86. The molecule has 0 saturated carbocycles. The van der Waals surface area contributed by atoms with Crippen LogP contribution in [0.3, 0.4) is 0 Å². The number of hydrogen-bond donors (Lipinski definition) is 2. The third kappa shape index (κ3) is 3.66. The summed E-state index contributed by atoms with van der Waals surface area (Å²) in [7, 11) is 0. The average molecular weight is 331 g/mol. The van der Waals surface area contributed by atoms with Gasteiger partial charge >= 0.3 is 6.03 Å². The monoisotopic (exact) mass is 330 g/mol. The minimum absolute atomic E-state index is 0.164. The first-order chi connectivity index (χ1) is 11.1. The van der Waals surface area contributed by atoms with Crippen LogP contribution in [0.2, 0.25) is 5.02 Å². The fourth-order valence-corrected chi connectivity index (χ4v) is 3.08. The summed E-state index contributed by atoms with van der Waals surface area (Å²) in [5, 5.41) is 14.2. The predicted molar refractivity (Wildman–Crippen MR) is 91.6 cm³/mol. The molecule has 2 aromatic carbocycles. The van der Waals surface area contributed by atoms with Crippen molar-refractivity contribution in [2.45, 2.75) is 18.4 Å². The molecule has 1 aliphatic heterocycles. The number of anilines is 1. The lowest BCUT2D eigenvalue weighted by atomic mass is 9.84. The Bertz CT molecular complexity index is 682. The van der Waals surface area contributed by atoms with E-state index in [9.17, 15) is 9.90 Å². The van der Waals surface area contributed by atoms with Crippen molar-refractivity contribution < 1.29 is 9.90 Å². The number of nitrogens with zero attached hydrogens (tertiary/aromatic N) is 1. The van der Waals surface area contributed by atoms with Crippen LogP contribution in [0.25, 0.3) is 0 Å². The molecule has 0 aliphatic carbocycles. The number of benzene rings is 2. The van der Waals surface area contributed by atoms with Crippen molar-refractivity contribution in [2.24, 2.45) is 0 Å². The number of halogens is 1. The third-order valence-corrected chi connectivity index (χ3v) is 4.50. The normalized spacial score (nSPS) is 16.9. The molecule has 1 aliphatic rings. The van der Waals surface area contributed by atoms with Gasteiger partial charge in [-0.2, -0.15) is 0 Å². The van der Waals surface area contributed by atoms with Crippen LogP contribution in [-0.2, 0) is 5.60 Å². The molecular weight excluding hydrogens is 312 g/mol. The van der Waals surface area contributed by atoms with Crippen molar-refractivity contribution in [2.75, 3.05) is 18.4 Å². The van der Waals surface area contributed by atoms with Crippen molar-refractivity contribution in [3.05, 3.63) is 65.2 Å². The molecule has 2 amide bonds. The number of hydrogen-bond acceptors (Lipinski definition) is 2. The molecule has 2 aromatic rings. The molecule has 0 radical (unpaired) electrons. The maximum absolute atomic E-state index is 12.3. The van der Waals surface area contributed by atoms with Gasteiger partial charge in [0.25, 0.3) is 0 Å². The van der Waals surface area contributed by atoms with Gasteiger partial charge in [-0.3, -0.25) is 0 Å². The first-order valence-corrected chi connectivity index (χ1v) is 8.04. The molecule has 1 heterocycles. The zero-order valence-electron chi connectivity index (χ0n) is 12.7. The molecule has 1 fully saturated rings. The highest BCUT2D eigenvalue weighted by Gasteiger charge is 2.35. The van der Waals surface area contributed by atoms with Gasteiger partial charge in [0.2, 0.25) is 0 Å². The number of rotatable bonds is 2. The maximum Gasteiger partial charge on any atom is 0.321 e. The van der Waals surface area contributed by atoms with E-state index in [0.29, 0.717) is 36.6 Å². The number of urea groups is 1. The second-order valence-corrected chi connectivity index (χ2v) is 6.26. The van der Waals surface area contributed by atoms with Gasteiger partial charge in [-0.15, -0.1) is 0 Å². The Balaban J connectivity index is 1.61. The van der Waals surface area contributed by atoms with E-state index in [1.165, 1.54) is 0 Å². The summed E-state index contributed by atoms with van der Waals surface area (Å²) in [6.07, 6.45) is 1.06. The van der Waals surface area contributed by atoms with Crippen LogP contribution in [-0.4, -0.2) is 29.1 Å². The second kappa shape index (κ2) is 6.60. The molecule has 0 unspecified atom stereocenters. The van der Waals surface area contributed by atoms with Gasteiger partial charge < -0.3 is 15.3 Å². The van der Waals surface area contributed by atoms with Crippen molar-refractivity contribution >= 4 is 23.3 Å². The second-order valence-electron chi connectivity index (χ2n) is 5.83. The third-order valence-electron chi connectivity index (χ3n) is 4.26. The lowest BCUT2D eigenvalue weighted by molar-refractivity contribution is -0.0156. The summed E-state index contributed by atoms with van der Waals surface area (Å²) in [4.78, 5) is 14.0. The maximum atomic E-state index is 12.3. The average Bonchev–Trinajstić information content (AvgIpc) is 2.56. The Labute approximate surface area is 140 Å². The highest BCUT2D eigenvalue weighted by atomic mass is 35.5. The summed E-state index contributed by atoms with van der Waals surface area (Å²) in [5.41, 5.74) is 0.731. The number of piperidine rings is 1. The van der Waals surface area contributed by atoms with E-state index in [4.69, 9.17) is 11.6 Å². The highest BCUT2D eigenvalue weighted by Crippen LogP contribution is 2.32. The first kappa shape index (κ1) is 15.8. The molecule has 3 rings (SSSR count). The van der Waals surface area contributed by atoms with Crippen LogP contribution >= 0.6 is 11.6 Å². The molecule has 0 atom stereocenters. The van der Waals surface area contributed by atoms with E-state index in [1.54, 1.807) is 29.2 Å². The topological polar surface area (TPSA) is 52.6 Å². The Hall–Kier alpha value is -2.04. The van der Waals surface area contributed by atoms with Crippen LogP contribution in [0.5, 0.6) is 0 Å². The Morgan fingerprint density at radius 2 is 1.78 bits per heavy atom. The van der Waals surface area contributed by atoms with Gasteiger partial charge in [-0.1, -0.05) is 48.0 Å². The van der Waals surface area contributed by atoms with E-state index in [2.05, 4.69) is 5.32 Å². The largest absolute Gasteiger partial charge is 0.385 e. The van der Waals surface area contributed by atoms with Crippen molar-refractivity contribution in [1.82, 2.24) is 4.90 Å². The number of nitrogens with one attached hydrogen (secondary N) is 1. The van der Waals surface area contributed by atoms with E-state index in [0.717, 1.165) is 5.56 Å². The van der Waals surface area contributed by atoms with E-state index in [-0.39, 0.29) is 6.03 Å². The van der Waals surface area contributed by atoms with Gasteiger partial charge in [0.1, 0.15) is 0 Å². The molecule has 4 nitrogen and oxygen atoms in total. The molecule has 5 heteroatoms. The van der Waals surface area contributed by atoms with Crippen LogP contribution < -0.4 is 5.32 Å². The molecule has 120 valence electrons. The van der Waals surface area contributed by atoms with Crippen molar-refractivity contribution in [3.8, 4) is 0 Å². The highest BCUT2D eigenvalue weighted by molar-refractivity contribution is 6.30. The van der Waals surface area contributed by atoms with Gasteiger partial charge in [0.15, 0.2) is 0 Å². The lowest BCUT2D eigenvalue weighted by Crippen LogP contribution is -2.46. The number of likely N-dealkylation sites (tertiary alicyclic amines) is 1. The fraction of sp³-hybridized carbons (Fsp3) is 0.278. The summed E-state index contributed by atoms with van der Waals surface area (Å²) in [5.74, 6) is 0. The lowest BCUT2D eigenvalue weighted by Gasteiger charge is -2.38. The molecule has 0 bridgehead atoms. The molecule has 0 aromatic heterocycles. The van der Waals surface area contributed by atoms with E-state index < -0.39 is 5.60 Å². The summed E-state index contributed by atoms with van der Waals surface area (Å²) < 4.78 is 0. The molecule has 0 spiro atoms. The van der Waals surface area contributed by atoms with E-state index >= 15 is 0 Å². The van der Waals surface area contributed by atoms with Crippen LogP contribution in [0.15, 0.2) is 54.6 Å². The zero-order chi connectivity index (χ0) is 16.3. The number of aliphatic hydroxyl groups is 1. The molecule has 23 heavy (non-hydrogen) atoms.